The number of carbonyl (C=O) groups is 1. The number of aromatic nitrogens is 3. The fraction of sp³-hybridized carbons (Fsp3) is 0.176. The molecule has 0 spiro atoms. The molecular formula is C17H15FN4O3. The minimum atomic E-state index is -0.626. The van der Waals surface area contributed by atoms with Crippen LogP contribution in [-0.2, 0) is 17.9 Å². The summed E-state index contributed by atoms with van der Waals surface area (Å²) in [5.74, 6) is -0.785. The second-order valence-corrected chi connectivity index (χ2v) is 5.43. The van der Waals surface area contributed by atoms with Crippen LogP contribution in [0.5, 0.6) is 0 Å². The lowest BCUT2D eigenvalue weighted by molar-refractivity contribution is -0.121. The Kier molecular flexibility index (Phi) is 4.42. The average molecular weight is 342 g/mol. The smallest absolute Gasteiger partial charge is 0.332 e. The minimum Gasteiger partial charge on any atom is -0.358 e. The Morgan fingerprint density at radius 3 is 2.56 bits per heavy atom. The SMILES string of the molecule is CNC(=O)Cn1c(=O)n(Cc2ccc(F)cc2)c(=O)c2ncccc21. The van der Waals surface area contributed by atoms with Gasteiger partial charge < -0.3 is 5.32 Å². The number of rotatable bonds is 4. The molecule has 0 fully saturated rings. The van der Waals surface area contributed by atoms with Gasteiger partial charge in [0.05, 0.1) is 12.1 Å². The molecular weight excluding hydrogens is 327 g/mol. The van der Waals surface area contributed by atoms with Gasteiger partial charge in [-0.2, -0.15) is 0 Å². The van der Waals surface area contributed by atoms with E-state index in [2.05, 4.69) is 10.3 Å². The number of pyridine rings is 1. The summed E-state index contributed by atoms with van der Waals surface area (Å²) in [7, 11) is 1.46. The van der Waals surface area contributed by atoms with Crippen molar-refractivity contribution in [2.45, 2.75) is 13.1 Å². The predicted molar refractivity (Wildman–Crippen MR) is 89.8 cm³/mol. The van der Waals surface area contributed by atoms with Crippen LogP contribution in [0.3, 0.4) is 0 Å². The molecule has 8 heteroatoms. The lowest BCUT2D eigenvalue weighted by Crippen LogP contribution is -2.42. The van der Waals surface area contributed by atoms with E-state index in [-0.39, 0.29) is 30.0 Å². The first kappa shape index (κ1) is 16.6. The van der Waals surface area contributed by atoms with Gasteiger partial charge in [0.1, 0.15) is 12.4 Å². The maximum absolute atomic E-state index is 13.1. The molecule has 2 heterocycles. The van der Waals surface area contributed by atoms with Crippen LogP contribution in [0.4, 0.5) is 4.39 Å². The number of benzene rings is 1. The first-order valence-electron chi connectivity index (χ1n) is 7.54. The summed E-state index contributed by atoms with van der Waals surface area (Å²) in [5, 5.41) is 2.45. The molecule has 3 rings (SSSR count). The van der Waals surface area contributed by atoms with Crippen LogP contribution in [0.1, 0.15) is 5.56 Å². The second-order valence-electron chi connectivity index (χ2n) is 5.43. The Hall–Kier alpha value is -3.29. The van der Waals surface area contributed by atoms with Gasteiger partial charge in [-0.05, 0) is 29.8 Å². The quantitative estimate of drug-likeness (QED) is 0.748. The van der Waals surface area contributed by atoms with Crippen molar-refractivity contribution >= 4 is 16.9 Å². The van der Waals surface area contributed by atoms with Crippen LogP contribution >= 0.6 is 0 Å². The lowest BCUT2D eigenvalue weighted by Gasteiger charge is -2.13. The van der Waals surface area contributed by atoms with Gasteiger partial charge in [0, 0.05) is 13.2 Å². The highest BCUT2D eigenvalue weighted by Gasteiger charge is 2.15. The van der Waals surface area contributed by atoms with Crippen molar-refractivity contribution in [3.63, 3.8) is 0 Å². The molecule has 2 aromatic heterocycles. The number of likely N-dealkylation sites (N-methyl/N-ethyl adjacent to an activating group) is 1. The highest BCUT2D eigenvalue weighted by Crippen LogP contribution is 2.07. The summed E-state index contributed by atoms with van der Waals surface area (Å²) in [5.41, 5.74) is -0.219. The zero-order valence-electron chi connectivity index (χ0n) is 13.4. The highest BCUT2D eigenvalue weighted by atomic mass is 19.1. The summed E-state index contributed by atoms with van der Waals surface area (Å²) >= 11 is 0. The lowest BCUT2D eigenvalue weighted by atomic mass is 10.2. The van der Waals surface area contributed by atoms with Gasteiger partial charge >= 0.3 is 5.69 Å². The molecule has 0 aliphatic carbocycles. The second kappa shape index (κ2) is 6.68. The van der Waals surface area contributed by atoms with Crippen LogP contribution in [-0.4, -0.2) is 27.1 Å². The Morgan fingerprint density at radius 1 is 1.16 bits per heavy atom. The van der Waals surface area contributed by atoms with Crippen molar-refractivity contribution in [3.8, 4) is 0 Å². The van der Waals surface area contributed by atoms with E-state index in [1.165, 1.54) is 42.1 Å². The number of nitrogens with zero attached hydrogens (tertiary/aromatic N) is 3. The molecule has 7 nitrogen and oxygen atoms in total. The minimum absolute atomic E-state index is 0.0434. The molecule has 128 valence electrons. The maximum Gasteiger partial charge on any atom is 0.332 e. The summed E-state index contributed by atoms with van der Waals surface area (Å²) < 4.78 is 15.2. The number of nitrogens with one attached hydrogen (secondary N) is 1. The molecule has 0 aliphatic rings. The molecule has 1 aromatic carbocycles. The summed E-state index contributed by atoms with van der Waals surface area (Å²) in [6.45, 7) is -0.278. The van der Waals surface area contributed by atoms with E-state index in [0.717, 1.165) is 4.57 Å². The van der Waals surface area contributed by atoms with Gasteiger partial charge in [0.25, 0.3) is 5.56 Å². The van der Waals surface area contributed by atoms with Gasteiger partial charge in [-0.15, -0.1) is 0 Å². The van der Waals surface area contributed by atoms with E-state index < -0.39 is 17.1 Å². The topological polar surface area (TPSA) is 86.0 Å². The molecule has 0 unspecified atom stereocenters. The van der Waals surface area contributed by atoms with Crippen LogP contribution in [0.25, 0.3) is 11.0 Å². The van der Waals surface area contributed by atoms with Crippen molar-refractivity contribution in [1.82, 2.24) is 19.4 Å². The number of hydrogen-bond donors (Lipinski definition) is 1. The molecule has 0 atom stereocenters. The number of carbonyl (C=O) groups excluding carboxylic acids is 1. The monoisotopic (exact) mass is 342 g/mol. The third-order valence-corrected chi connectivity index (χ3v) is 3.82. The maximum atomic E-state index is 13.1. The molecule has 0 saturated heterocycles. The summed E-state index contributed by atoms with van der Waals surface area (Å²) in [6, 6.07) is 8.65. The van der Waals surface area contributed by atoms with E-state index in [1.54, 1.807) is 12.1 Å². The van der Waals surface area contributed by atoms with Gasteiger partial charge in [-0.25, -0.2) is 14.2 Å². The van der Waals surface area contributed by atoms with Gasteiger partial charge in [-0.1, -0.05) is 12.1 Å². The average Bonchev–Trinajstić information content (AvgIpc) is 2.63. The fourth-order valence-corrected chi connectivity index (χ4v) is 2.53. The molecule has 0 radical (unpaired) electrons. The first-order chi connectivity index (χ1) is 12.0. The number of hydrogen-bond acceptors (Lipinski definition) is 4. The van der Waals surface area contributed by atoms with Crippen LogP contribution in [0.15, 0.2) is 52.2 Å². The van der Waals surface area contributed by atoms with E-state index in [0.29, 0.717) is 5.56 Å². The Labute approximate surface area is 141 Å². The van der Waals surface area contributed by atoms with Crippen LogP contribution in [0.2, 0.25) is 0 Å². The van der Waals surface area contributed by atoms with Crippen molar-refractivity contribution in [2.75, 3.05) is 7.05 Å². The molecule has 25 heavy (non-hydrogen) atoms. The first-order valence-corrected chi connectivity index (χ1v) is 7.54. The third kappa shape index (κ3) is 3.18. The van der Waals surface area contributed by atoms with E-state index in [4.69, 9.17) is 0 Å². The molecule has 1 amide bonds. The van der Waals surface area contributed by atoms with Gasteiger partial charge in [0.15, 0.2) is 5.52 Å². The zero-order valence-corrected chi connectivity index (χ0v) is 13.4. The van der Waals surface area contributed by atoms with Crippen molar-refractivity contribution in [3.05, 3.63) is 74.8 Å². The standard InChI is InChI=1S/C17H15FN4O3/c1-19-14(23)10-21-13-3-2-8-20-15(13)16(24)22(17(21)25)9-11-4-6-12(18)7-5-11/h2-8H,9-10H2,1H3,(H,19,23). The molecule has 1 N–H and O–H groups in total. The Morgan fingerprint density at radius 2 is 1.88 bits per heavy atom. The van der Waals surface area contributed by atoms with E-state index >= 15 is 0 Å². The van der Waals surface area contributed by atoms with Gasteiger partial charge in [0.2, 0.25) is 5.91 Å². The van der Waals surface area contributed by atoms with Crippen molar-refractivity contribution < 1.29 is 9.18 Å². The van der Waals surface area contributed by atoms with E-state index in [1.807, 2.05) is 0 Å². The fourth-order valence-electron chi connectivity index (χ4n) is 2.53. The summed E-state index contributed by atoms with van der Waals surface area (Å²) in [4.78, 5) is 41.2. The van der Waals surface area contributed by atoms with E-state index in [9.17, 15) is 18.8 Å². The normalized spacial score (nSPS) is 10.8. The predicted octanol–water partition coefficient (Wildman–Crippen LogP) is 0.492. The number of fused-ring (bicyclic) bond motifs is 1. The third-order valence-electron chi connectivity index (χ3n) is 3.82. The molecule has 3 aromatic rings. The Bertz CT molecular complexity index is 1050. The summed E-state index contributed by atoms with van der Waals surface area (Å²) in [6.07, 6.45) is 1.45. The largest absolute Gasteiger partial charge is 0.358 e. The molecule has 0 aliphatic heterocycles. The van der Waals surface area contributed by atoms with Crippen molar-refractivity contribution in [1.29, 1.82) is 0 Å². The molecule has 0 bridgehead atoms. The Balaban J connectivity index is 2.21. The van der Waals surface area contributed by atoms with Crippen LogP contribution < -0.4 is 16.6 Å². The number of halogens is 1. The molecule has 0 saturated carbocycles. The van der Waals surface area contributed by atoms with Crippen molar-refractivity contribution in [2.24, 2.45) is 0 Å². The highest BCUT2D eigenvalue weighted by molar-refractivity contribution is 5.79. The number of amides is 1. The zero-order chi connectivity index (χ0) is 18.0. The van der Waals surface area contributed by atoms with Crippen LogP contribution in [0, 0.1) is 5.82 Å². The van der Waals surface area contributed by atoms with Gasteiger partial charge in [-0.3, -0.25) is 18.7 Å².